The molecule has 0 aliphatic rings. The monoisotopic (exact) mass is 523 g/mol. The smallest absolute Gasteiger partial charge is 0.354 e. The molecule has 0 amide bonds. The van der Waals surface area contributed by atoms with Crippen LogP contribution in [0.15, 0.2) is 78.1 Å². The van der Waals surface area contributed by atoms with Crippen LogP contribution in [0.2, 0.25) is 0 Å². The Morgan fingerprint density at radius 3 is 2.57 bits per heavy atom. The van der Waals surface area contributed by atoms with Crippen molar-refractivity contribution in [1.29, 1.82) is 0 Å². The second kappa shape index (κ2) is 10.7. The molecule has 2 heterocycles. The van der Waals surface area contributed by atoms with Gasteiger partial charge in [0, 0.05) is 24.3 Å². The number of aliphatic hydroxyl groups excluding tert-OH is 1. The van der Waals surface area contributed by atoms with Crippen LogP contribution in [0.5, 0.6) is 0 Å². The summed E-state index contributed by atoms with van der Waals surface area (Å²) in [5.74, 6) is -1.10. The zero-order valence-electron chi connectivity index (χ0n) is 20.5. The number of pyridine rings is 1. The van der Waals surface area contributed by atoms with Crippen molar-refractivity contribution in [3.8, 4) is 0 Å². The topological polar surface area (TPSA) is 146 Å². The van der Waals surface area contributed by atoms with Crippen molar-refractivity contribution in [2.75, 3.05) is 11.3 Å². The van der Waals surface area contributed by atoms with Gasteiger partial charge in [-0.3, -0.25) is 4.72 Å². The number of imidazole rings is 1. The number of benzene rings is 2. The number of β-amino-alcohol motifs (C(OH)–C–C–N with tert-alkyl or cyclic N) is 1. The number of hydrogen-bond donors (Lipinski definition) is 4. The van der Waals surface area contributed by atoms with Crippen LogP contribution in [0.25, 0.3) is 11.0 Å². The Labute approximate surface area is 215 Å². The summed E-state index contributed by atoms with van der Waals surface area (Å²) in [4.78, 5) is 19.5. The van der Waals surface area contributed by atoms with E-state index in [4.69, 9.17) is 5.11 Å². The molecule has 2 aromatic heterocycles. The molecule has 0 radical (unpaired) electrons. The molecule has 10 nitrogen and oxygen atoms in total. The van der Waals surface area contributed by atoms with Crippen LogP contribution in [0.1, 0.15) is 42.4 Å². The van der Waals surface area contributed by atoms with Crippen molar-refractivity contribution >= 4 is 32.7 Å². The molecule has 0 bridgehead atoms. The average Bonchev–Trinajstić information content (AvgIpc) is 3.29. The van der Waals surface area contributed by atoms with E-state index in [0.717, 1.165) is 5.52 Å². The van der Waals surface area contributed by atoms with Gasteiger partial charge in [-0.05, 0) is 56.2 Å². The number of aromatic carboxylic acids is 1. The zero-order valence-corrected chi connectivity index (χ0v) is 21.3. The first-order valence-electron chi connectivity index (χ1n) is 11.7. The van der Waals surface area contributed by atoms with Crippen LogP contribution >= 0.6 is 0 Å². The van der Waals surface area contributed by atoms with Gasteiger partial charge >= 0.3 is 5.97 Å². The Morgan fingerprint density at radius 2 is 1.84 bits per heavy atom. The Morgan fingerprint density at radius 1 is 1.08 bits per heavy atom. The van der Waals surface area contributed by atoms with E-state index in [2.05, 4.69) is 20.0 Å². The van der Waals surface area contributed by atoms with Gasteiger partial charge < -0.3 is 20.1 Å². The summed E-state index contributed by atoms with van der Waals surface area (Å²) in [5, 5.41) is 23.2. The molecule has 0 fully saturated rings. The van der Waals surface area contributed by atoms with Crippen molar-refractivity contribution in [1.82, 2.24) is 19.9 Å². The summed E-state index contributed by atoms with van der Waals surface area (Å²) in [6, 6.07) is 16.2. The fraction of sp³-hybridized carbons (Fsp3) is 0.269. The second-order valence-corrected chi connectivity index (χ2v) is 11.1. The van der Waals surface area contributed by atoms with E-state index in [0.29, 0.717) is 29.7 Å². The van der Waals surface area contributed by atoms with Gasteiger partial charge in [-0.15, -0.1) is 0 Å². The van der Waals surface area contributed by atoms with Crippen molar-refractivity contribution < 1.29 is 23.4 Å². The summed E-state index contributed by atoms with van der Waals surface area (Å²) in [5.41, 5.74) is 1.86. The minimum absolute atomic E-state index is 0.0503. The number of aryl methyl sites for hydroxylation is 1. The van der Waals surface area contributed by atoms with E-state index >= 15 is 0 Å². The number of carbonyl (C=O) groups is 1. The highest BCUT2D eigenvalue weighted by molar-refractivity contribution is 7.92. The molecule has 0 saturated carbocycles. The van der Waals surface area contributed by atoms with E-state index in [1.165, 1.54) is 24.4 Å². The van der Waals surface area contributed by atoms with Gasteiger partial charge in [-0.25, -0.2) is 23.2 Å². The summed E-state index contributed by atoms with van der Waals surface area (Å²) >= 11 is 0. The van der Waals surface area contributed by atoms with E-state index in [9.17, 15) is 18.3 Å². The molecule has 0 spiro atoms. The molecule has 11 heteroatoms. The van der Waals surface area contributed by atoms with Crippen molar-refractivity contribution in [3.05, 3.63) is 84.4 Å². The lowest BCUT2D eigenvalue weighted by atomic mass is 9.99. The highest BCUT2D eigenvalue weighted by atomic mass is 32.2. The number of rotatable bonds is 11. The third-order valence-corrected chi connectivity index (χ3v) is 7.45. The highest BCUT2D eigenvalue weighted by Gasteiger charge is 2.21. The quantitative estimate of drug-likeness (QED) is 0.234. The van der Waals surface area contributed by atoms with Crippen molar-refractivity contribution in [3.63, 3.8) is 0 Å². The zero-order chi connectivity index (χ0) is 26.6. The molecule has 0 unspecified atom stereocenters. The Kier molecular flexibility index (Phi) is 7.58. The lowest BCUT2D eigenvalue weighted by Gasteiger charge is -2.28. The van der Waals surface area contributed by atoms with Gasteiger partial charge in [0.15, 0.2) is 0 Å². The second-order valence-electron chi connectivity index (χ2n) is 9.38. The standard InChI is InChI=1S/C26H29N5O5S/c1-26(2,11-12-31-17-28-21-14-22(25(33)34)27-15-23(21)31)29-16-24(32)18-7-6-8-19(13-18)30-37(35,36)20-9-4-3-5-10-20/h3-10,13-15,17,24,29-30,32H,11-12,16H2,1-2H3,(H,33,34)/t24-/m0/s1. The van der Waals surface area contributed by atoms with E-state index in [1.807, 2.05) is 18.4 Å². The normalized spacial score (nSPS) is 12.9. The van der Waals surface area contributed by atoms with Gasteiger partial charge in [0.05, 0.1) is 34.6 Å². The Balaban J connectivity index is 1.35. The largest absolute Gasteiger partial charge is 0.477 e. The molecule has 37 heavy (non-hydrogen) atoms. The van der Waals surface area contributed by atoms with Crippen LogP contribution < -0.4 is 10.0 Å². The lowest BCUT2D eigenvalue weighted by Crippen LogP contribution is -2.42. The molecule has 4 N–H and O–H groups in total. The minimum Gasteiger partial charge on any atom is -0.477 e. The predicted molar refractivity (Wildman–Crippen MR) is 140 cm³/mol. The SMILES string of the molecule is CC(C)(CCn1cnc2cc(C(=O)O)ncc21)NC[C@H](O)c1cccc(NS(=O)(=O)c2ccccc2)c1. The number of aliphatic hydroxyl groups is 1. The maximum absolute atomic E-state index is 12.6. The van der Waals surface area contributed by atoms with Crippen LogP contribution in [0.3, 0.4) is 0 Å². The average molecular weight is 524 g/mol. The van der Waals surface area contributed by atoms with Crippen LogP contribution in [0.4, 0.5) is 5.69 Å². The molecule has 0 aliphatic heterocycles. The molecule has 0 saturated heterocycles. The van der Waals surface area contributed by atoms with Gasteiger partial charge in [0.2, 0.25) is 0 Å². The molecule has 2 aromatic carbocycles. The van der Waals surface area contributed by atoms with Gasteiger partial charge in [0.25, 0.3) is 10.0 Å². The highest BCUT2D eigenvalue weighted by Crippen LogP contribution is 2.22. The summed E-state index contributed by atoms with van der Waals surface area (Å²) in [6.45, 7) is 4.90. The maximum atomic E-state index is 12.6. The van der Waals surface area contributed by atoms with Gasteiger partial charge in [0.1, 0.15) is 5.69 Å². The molecule has 1 atom stereocenters. The molecular formula is C26H29N5O5S. The first kappa shape index (κ1) is 26.3. The van der Waals surface area contributed by atoms with Crippen LogP contribution in [0, 0.1) is 0 Å². The molecule has 4 rings (SSSR count). The number of anilines is 1. The fourth-order valence-corrected chi connectivity index (χ4v) is 4.92. The molecule has 0 aliphatic carbocycles. The van der Waals surface area contributed by atoms with Crippen LogP contribution in [-0.4, -0.2) is 51.2 Å². The predicted octanol–water partition coefficient (Wildman–Crippen LogP) is 3.42. The van der Waals surface area contributed by atoms with E-state index in [1.54, 1.807) is 48.8 Å². The number of carboxylic acid groups (broad SMARTS) is 1. The van der Waals surface area contributed by atoms with E-state index in [-0.39, 0.29) is 22.7 Å². The fourth-order valence-electron chi connectivity index (χ4n) is 3.85. The number of nitrogens with one attached hydrogen (secondary N) is 2. The van der Waals surface area contributed by atoms with Crippen molar-refractivity contribution in [2.24, 2.45) is 0 Å². The van der Waals surface area contributed by atoms with Crippen LogP contribution in [-0.2, 0) is 16.6 Å². The van der Waals surface area contributed by atoms with Gasteiger partial charge in [-0.2, -0.15) is 0 Å². The third-order valence-electron chi connectivity index (χ3n) is 6.06. The number of carboxylic acids is 1. The van der Waals surface area contributed by atoms with E-state index < -0.39 is 22.1 Å². The first-order chi connectivity index (χ1) is 17.5. The maximum Gasteiger partial charge on any atom is 0.354 e. The third kappa shape index (κ3) is 6.50. The van der Waals surface area contributed by atoms with Crippen molar-refractivity contribution in [2.45, 2.75) is 43.4 Å². The number of aromatic nitrogens is 3. The number of sulfonamides is 1. The number of hydrogen-bond acceptors (Lipinski definition) is 7. The summed E-state index contributed by atoms with van der Waals surface area (Å²) in [6.07, 6.45) is 3.01. The molecule has 194 valence electrons. The molecular weight excluding hydrogens is 494 g/mol. The summed E-state index contributed by atoms with van der Waals surface area (Å²) in [7, 11) is -3.73. The Bertz CT molecular complexity index is 1500. The lowest BCUT2D eigenvalue weighted by molar-refractivity contribution is 0.0690. The Hall–Kier alpha value is -3.80. The minimum atomic E-state index is -3.73. The van der Waals surface area contributed by atoms with Gasteiger partial charge in [-0.1, -0.05) is 30.3 Å². The molecule has 4 aromatic rings. The first-order valence-corrected chi connectivity index (χ1v) is 13.2. The number of fused-ring (bicyclic) bond motifs is 1. The number of nitrogens with zero attached hydrogens (tertiary/aromatic N) is 3. The summed E-state index contributed by atoms with van der Waals surface area (Å²) < 4.78 is 29.7.